The molecule has 2 aromatic heterocycles. The number of carbonyl (C=O) groups is 1. The van der Waals surface area contributed by atoms with Crippen molar-refractivity contribution in [2.75, 3.05) is 5.32 Å². The van der Waals surface area contributed by atoms with Gasteiger partial charge in [-0.3, -0.25) is 14.7 Å². The molecule has 0 saturated heterocycles. The van der Waals surface area contributed by atoms with E-state index in [9.17, 15) is 9.59 Å². The van der Waals surface area contributed by atoms with E-state index in [1.807, 2.05) is 24.3 Å². The molecule has 2 heterocycles. The average Bonchev–Trinajstić information content (AvgIpc) is 2.93. The molecule has 0 aliphatic rings. The van der Waals surface area contributed by atoms with Gasteiger partial charge < -0.3 is 5.32 Å². The number of amides is 1. The second kappa shape index (κ2) is 6.63. The Kier molecular flexibility index (Phi) is 4.50. The molecule has 0 radical (unpaired) electrons. The summed E-state index contributed by atoms with van der Waals surface area (Å²) in [4.78, 5) is 28.4. The summed E-state index contributed by atoms with van der Waals surface area (Å²) in [6.45, 7) is 8.20. The van der Waals surface area contributed by atoms with E-state index in [2.05, 4.69) is 36.2 Å². The minimum atomic E-state index is -0.201. The summed E-state index contributed by atoms with van der Waals surface area (Å²) in [6.07, 6.45) is 1.53. The fourth-order valence-electron chi connectivity index (χ4n) is 2.60. The number of anilines is 1. The van der Waals surface area contributed by atoms with Crippen LogP contribution in [0.3, 0.4) is 0 Å². The highest BCUT2D eigenvalue weighted by molar-refractivity contribution is 6.04. The van der Waals surface area contributed by atoms with E-state index in [0.717, 1.165) is 5.69 Å². The number of carbonyl (C=O) groups excluding carboxylic acids is 1. The zero-order chi connectivity index (χ0) is 18.9. The summed E-state index contributed by atoms with van der Waals surface area (Å²) in [5, 5.41) is 5.73. The molecule has 0 atom stereocenters. The van der Waals surface area contributed by atoms with Gasteiger partial charge in [0.1, 0.15) is 0 Å². The molecule has 0 unspecified atom stereocenters. The maximum Gasteiger partial charge on any atom is 0.272 e. The standard InChI is InChI=1S/C20H22N4O2/c1-13-11-18(25)24(23-13)17-10-9-16(12-21-17)22-19(26)14-5-7-15(8-6-14)20(2,3)4/h5-12,23H,1-4H3,(H,22,26). The van der Waals surface area contributed by atoms with Gasteiger partial charge in [-0.1, -0.05) is 32.9 Å². The lowest BCUT2D eigenvalue weighted by molar-refractivity contribution is 0.102. The highest BCUT2D eigenvalue weighted by Crippen LogP contribution is 2.22. The van der Waals surface area contributed by atoms with Gasteiger partial charge in [-0.05, 0) is 42.2 Å². The number of hydrogen-bond acceptors (Lipinski definition) is 3. The lowest BCUT2D eigenvalue weighted by atomic mass is 9.87. The predicted molar refractivity (Wildman–Crippen MR) is 102 cm³/mol. The number of benzene rings is 1. The molecule has 1 amide bonds. The van der Waals surface area contributed by atoms with Gasteiger partial charge in [0.25, 0.3) is 11.5 Å². The van der Waals surface area contributed by atoms with Gasteiger partial charge in [0, 0.05) is 17.3 Å². The Bertz CT molecular complexity index is 974. The highest BCUT2D eigenvalue weighted by Gasteiger charge is 2.14. The van der Waals surface area contributed by atoms with E-state index in [-0.39, 0.29) is 16.9 Å². The summed E-state index contributed by atoms with van der Waals surface area (Å²) < 4.78 is 1.35. The number of nitrogens with zero attached hydrogens (tertiary/aromatic N) is 2. The molecule has 2 N–H and O–H groups in total. The lowest BCUT2D eigenvalue weighted by Crippen LogP contribution is -2.16. The fourth-order valence-corrected chi connectivity index (χ4v) is 2.60. The van der Waals surface area contributed by atoms with E-state index in [1.54, 1.807) is 19.1 Å². The molecule has 134 valence electrons. The Balaban J connectivity index is 1.74. The van der Waals surface area contributed by atoms with Crippen LogP contribution in [0.4, 0.5) is 5.69 Å². The Morgan fingerprint density at radius 2 is 1.81 bits per heavy atom. The first kappa shape index (κ1) is 17.7. The molecule has 0 bridgehead atoms. The molecule has 0 aliphatic heterocycles. The third-order valence-corrected chi connectivity index (χ3v) is 4.10. The number of aryl methyl sites for hydroxylation is 1. The van der Waals surface area contributed by atoms with E-state index in [1.165, 1.54) is 22.5 Å². The van der Waals surface area contributed by atoms with Crippen molar-refractivity contribution >= 4 is 11.6 Å². The monoisotopic (exact) mass is 350 g/mol. The van der Waals surface area contributed by atoms with Gasteiger partial charge >= 0.3 is 0 Å². The SMILES string of the molecule is Cc1cc(=O)n(-c2ccc(NC(=O)c3ccc(C(C)(C)C)cc3)cn2)[nH]1. The molecule has 0 aliphatic carbocycles. The van der Waals surface area contributed by atoms with Crippen LogP contribution in [0.25, 0.3) is 5.82 Å². The van der Waals surface area contributed by atoms with Crippen molar-refractivity contribution in [3.05, 3.63) is 75.8 Å². The predicted octanol–water partition coefficient (Wildman–Crippen LogP) is 3.42. The molecule has 0 saturated carbocycles. The smallest absolute Gasteiger partial charge is 0.272 e. The Labute approximate surface area is 151 Å². The molecular formula is C20H22N4O2. The van der Waals surface area contributed by atoms with Crippen molar-refractivity contribution in [1.82, 2.24) is 14.8 Å². The number of aromatic nitrogens is 3. The average molecular weight is 350 g/mol. The molecule has 3 aromatic rings. The summed E-state index contributed by atoms with van der Waals surface area (Å²) in [6, 6.07) is 12.5. The quantitative estimate of drug-likeness (QED) is 0.759. The van der Waals surface area contributed by atoms with Crippen molar-refractivity contribution in [3.8, 4) is 5.82 Å². The van der Waals surface area contributed by atoms with Crippen LogP contribution in [0.15, 0.2) is 53.5 Å². The van der Waals surface area contributed by atoms with Crippen molar-refractivity contribution < 1.29 is 4.79 Å². The van der Waals surface area contributed by atoms with Gasteiger partial charge in [0.2, 0.25) is 0 Å². The second-order valence-corrected chi connectivity index (χ2v) is 7.30. The van der Waals surface area contributed by atoms with Crippen LogP contribution in [-0.2, 0) is 5.41 Å². The molecule has 6 heteroatoms. The zero-order valence-corrected chi connectivity index (χ0v) is 15.3. The van der Waals surface area contributed by atoms with Crippen LogP contribution in [0.1, 0.15) is 42.4 Å². The van der Waals surface area contributed by atoms with Gasteiger partial charge in [-0.15, -0.1) is 0 Å². The maximum absolute atomic E-state index is 12.4. The molecule has 0 spiro atoms. The number of hydrogen-bond donors (Lipinski definition) is 2. The zero-order valence-electron chi connectivity index (χ0n) is 15.3. The van der Waals surface area contributed by atoms with Crippen LogP contribution in [0.5, 0.6) is 0 Å². The number of aromatic amines is 1. The second-order valence-electron chi connectivity index (χ2n) is 7.30. The molecule has 1 aromatic carbocycles. The highest BCUT2D eigenvalue weighted by atomic mass is 16.1. The number of pyridine rings is 1. The van der Waals surface area contributed by atoms with Crippen LogP contribution in [-0.4, -0.2) is 20.7 Å². The van der Waals surface area contributed by atoms with Gasteiger partial charge in [0.15, 0.2) is 5.82 Å². The van der Waals surface area contributed by atoms with Crippen molar-refractivity contribution in [2.24, 2.45) is 0 Å². The van der Waals surface area contributed by atoms with Crippen molar-refractivity contribution in [2.45, 2.75) is 33.1 Å². The van der Waals surface area contributed by atoms with E-state index in [0.29, 0.717) is 17.1 Å². The summed E-state index contributed by atoms with van der Waals surface area (Å²) in [5.41, 5.74) is 2.95. The van der Waals surface area contributed by atoms with E-state index in [4.69, 9.17) is 0 Å². The number of rotatable bonds is 3. The van der Waals surface area contributed by atoms with Gasteiger partial charge in [-0.2, -0.15) is 0 Å². The Morgan fingerprint density at radius 3 is 2.31 bits per heavy atom. The first-order chi connectivity index (χ1) is 12.2. The minimum Gasteiger partial charge on any atom is -0.321 e. The van der Waals surface area contributed by atoms with Crippen LogP contribution in [0, 0.1) is 6.92 Å². The largest absolute Gasteiger partial charge is 0.321 e. The van der Waals surface area contributed by atoms with Crippen LogP contribution >= 0.6 is 0 Å². The fraction of sp³-hybridized carbons (Fsp3) is 0.250. The first-order valence-corrected chi connectivity index (χ1v) is 8.41. The Hall–Kier alpha value is -3.15. The van der Waals surface area contributed by atoms with Crippen LogP contribution < -0.4 is 10.9 Å². The molecule has 26 heavy (non-hydrogen) atoms. The Morgan fingerprint density at radius 1 is 1.12 bits per heavy atom. The summed E-state index contributed by atoms with van der Waals surface area (Å²) in [7, 11) is 0. The summed E-state index contributed by atoms with van der Waals surface area (Å²) >= 11 is 0. The third kappa shape index (κ3) is 3.74. The third-order valence-electron chi connectivity index (χ3n) is 4.10. The van der Waals surface area contributed by atoms with Crippen molar-refractivity contribution in [3.63, 3.8) is 0 Å². The first-order valence-electron chi connectivity index (χ1n) is 8.41. The molecule has 3 rings (SSSR count). The number of nitrogens with one attached hydrogen (secondary N) is 2. The lowest BCUT2D eigenvalue weighted by Gasteiger charge is -2.19. The number of H-pyrrole nitrogens is 1. The van der Waals surface area contributed by atoms with Crippen LogP contribution in [0.2, 0.25) is 0 Å². The van der Waals surface area contributed by atoms with Gasteiger partial charge in [-0.25, -0.2) is 9.67 Å². The summed E-state index contributed by atoms with van der Waals surface area (Å²) in [5.74, 6) is 0.267. The van der Waals surface area contributed by atoms with Crippen molar-refractivity contribution in [1.29, 1.82) is 0 Å². The van der Waals surface area contributed by atoms with Gasteiger partial charge in [0.05, 0.1) is 11.9 Å². The van der Waals surface area contributed by atoms with E-state index < -0.39 is 0 Å². The van der Waals surface area contributed by atoms with E-state index >= 15 is 0 Å². The molecular weight excluding hydrogens is 328 g/mol. The maximum atomic E-state index is 12.4. The topological polar surface area (TPSA) is 79.8 Å². The minimum absolute atomic E-state index is 0.0447. The molecule has 6 nitrogen and oxygen atoms in total. The molecule has 0 fully saturated rings. The normalized spacial score (nSPS) is 11.4.